The molecule has 1 N–H and O–H groups in total. The number of aromatic nitrogens is 1. The van der Waals surface area contributed by atoms with Gasteiger partial charge in [-0.2, -0.15) is 0 Å². The second-order valence-corrected chi connectivity index (χ2v) is 5.08. The van der Waals surface area contributed by atoms with Crippen molar-refractivity contribution in [2.24, 2.45) is 0 Å². The van der Waals surface area contributed by atoms with E-state index in [-0.39, 0.29) is 11.9 Å². The lowest BCUT2D eigenvalue weighted by molar-refractivity contribution is 0.575. The van der Waals surface area contributed by atoms with Crippen molar-refractivity contribution in [1.82, 2.24) is 10.3 Å². The monoisotopic (exact) mass is 270 g/mol. The fourth-order valence-electron chi connectivity index (χ4n) is 1.66. The zero-order valence-electron chi connectivity index (χ0n) is 9.28. The van der Waals surface area contributed by atoms with Crippen LogP contribution in [0.25, 0.3) is 0 Å². The van der Waals surface area contributed by atoms with Crippen LogP contribution in [0.2, 0.25) is 5.02 Å². The molecule has 0 aliphatic heterocycles. The highest BCUT2D eigenvalue weighted by atomic mass is 35.5. The Morgan fingerprint density at radius 2 is 2.35 bits per heavy atom. The van der Waals surface area contributed by atoms with Crippen LogP contribution >= 0.6 is 22.9 Å². The minimum absolute atomic E-state index is 0.0225. The molecule has 0 radical (unpaired) electrons. The molecule has 0 aliphatic rings. The summed E-state index contributed by atoms with van der Waals surface area (Å²) in [7, 11) is 1.84. The number of hydrogen-bond acceptors (Lipinski definition) is 3. The largest absolute Gasteiger partial charge is 0.313 e. The first kappa shape index (κ1) is 12.5. The lowest BCUT2D eigenvalue weighted by Crippen LogP contribution is -2.18. The summed E-state index contributed by atoms with van der Waals surface area (Å²) in [6.45, 7) is 0. The molecular formula is C12H12ClFN2S. The summed E-state index contributed by atoms with van der Waals surface area (Å²) >= 11 is 7.66. The molecule has 5 heteroatoms. The van der Waals surface area contributed by atoms with Crippen LogP contribution < -0.4 is 5.32 Å². The average molecular weight is 271 g/mol. The van der Waals surface area contributed by atoms with E-state index in [9.17, 15) is 4.39 Å². The van der Waals surface area contributed by atoms with Crippen molar-refractivity contribution in [3.63, 3.8) is 0 Å². The molecule has 0 aromatic carbocycles. The number of pyridine rings is 1. The van der Waals surface area contributed by atoms with Crippen LogP contribution in [0.4, 0.5) is 4.39 Å². The maximum Gasteiger partial charge on any atom is 0.141 e. The maximum absolute atomic E-state index is 13.1. The second kappa shape index (κ2) is 5.58. The van der Waals surface area contributed by atoms with E-state index in [0.29, 0.717) is 0 Å². The van der Waals surface area contributed by atoms with Crippen molar-refractivity contribution < 1.29 is 4.39 Å². The van der Waals surface area contributed by atoms with Crippen molar-refractivity contribution in [3.05, 3.63) is 51.2 Å². The number of likely N-dealkylation sites (N-methyl/N-ethyl adjacent to an activating group) is 1. The van der Waals surface area contributed by atoms with Gasteiger partial charge in [0.1, 0.15) is 5.82 Å². The molecule has 0 saturated carbocycles. The van der Waals surface area contributed by atoms with Crippen molar-refractivity contribution in [2.75, 3.05) is 7.05 Å². The Morgan fingerprint density at radius 3 is 2.94 bits per heavy atom. The molecule has 0 spiro atoms. The Balaban J connectivity index is 2.20. The first-order valence-corrected chi connectivity index (χ1v) is 6.46. The van der Waals surface area contributed by atoms with E-state index in [1.807, 2.05) is 18.5 Å². The lowest BCUT2D eigenvalue weighted by atomic mass is 10.1. The van der Waals surface area contributed by atoms with Gasteiger partial charge in [-0.1, -0.05) is 11.6 Å². The summed E-state index contributed by atoms with van der Waals surface area (Å²) in [4.78, 5) is 4.95. The van der Waals surface area contributed by atoms with Gasteiger partial charge in [0.05, 0.1) is 11.2 Å². The zero-order chi connectivity index (χ0) is 12.3. The third-order valence-corrected chi connectivity index (χ3v) is 3.97. The van der Waals surface area contributed by atoms with Gasteiger partial charge in [-0.05, 0) is 30.1 Å². The van der Waals surface area contributed by atoms with E-state index < -0.39 is 0 Å². The second-order valence-electron chi connectivity index (χ2n) is 3.67. The molecule has 2 nitrogen and oxygen atoms in total. The van der Waals surface area contributed by atoms with Crippen molar-refractivity contribution in [1.29, 1.82) is 0 Å². The maximum atomic E-state index is 13.1. The van der Waals surface area contributed by atoms with Gasteiger partial charge in [-0.25, -0.2) is 4.39 Å². The molecule has 0 saturated heterocycles. The Morgan fingerprint density at radius 1 is 1.53 bits per heavy atom. The zero-order valence-corrected chi connectivity index (χ0v) is 10.9. The number of halogens is 2. The molecule has 0 bridgehead atoms. The molecule has 17 heavy (non-hydrogen) atoms. The van der Waals surface area contributed by atoms with Crippen LogP contribution in [-0.4, -0.2) is 12.0 Å². The number of nitrogens with zero attached hydrogens (tertiary/aromatic N) is 1. The predicted octanol–water partition coefficient (Wildman–Crippen LogP) is 3.44. The highest BCUT2D eigenvalue weighted by Crippen LogP contribution is 2.27. The first-order chi connectivity index (χ1) is 8.20. The Labute approximate surface area is 108 Å². The van der Waals surface area contributed by atoms with Gasteiger partial charge in [-0.15, -0.1) is 11.3 Å². The Bertz CT molecular complexity index is 501. The number of hydrogen-bond donors (Lipinski definition) is 1. The fourth-order valence-corrected chi connectivity index (χ4v) is 2.82. The van der Waals surface area contributed by atoms with Crippen molar-refractivity contribution in [2.45, 2.75) is 12.5 Å². The standard InChI is InChI=1S/C12H12ClFN2S/c1-15-11(5-12-10(13)2-3-17-12)8-4-9(14)7-16-6-8/h2-4,6-7,11,15H,5H2,1H3. The summed E-state index contributed by atoms with van der Waals surface area (Å²) in [5.41, 5.74) is 0.831. The summed E-state index contributed by atoms with van der Waals surface area (Å²) in [5, 5.41) is 5.87. The summed E-state index contributed by atoms with van der Waals surface area (Å²) in [5.74, 6) is -0.319. The lowest BCUT2D eigenvalue weighted by Gasteiger charge is -2.15. The minimum Gasteiger partial charge on any atom is -0.313 e. The van der Waals surface area contributed by atoms with Gasteiger partial charge >= 0.3 is 0 Å². The number of nitrogens with one attached hydrogen (secondary N) is 1. The predicted molar refractivity (Wildman–Crippen MR) is 69.0 cm³/mol. The molecule has 0 fully saturated rings. The molecule has 0 aliphatic carbocycles. The molecule has 1 atom stereocenters. The Hall–Kier alpha value is -0.970. The summed E-state index contributed by atoms with van der Waals surface area (Å²) < 4.78 is 13.1. The molecule has 1 unspecified atom stereocenters. The highest BCUT2D eigenvalue weighted by molar-refractivity contribution is 7.10. The van der Waals surface area contributed by atoms with E-state index in [0.717, 1.165) is 21.9 Å². The highest BCUT2D eigenvalue weighted by Gasteiger charge is 2.14. The smallest absolute Gasteiger partial charge is 0.141 e. The quantitative estimate of drug-likeness (QED) is 0.921. The van der Waals surface area contributed by atoms with Gasteiger partial charge in [0, 0.05) is 23.5 Å². The molecular weight excluding hydrogens is 259 g/mol. The van der Waals surface area contributed by atoms with Gasteiger partial charge in [0.25, 0.3) is 0 Å². The summed E-state index contributed by atoms with van der Waals surface area (Å²) in [6.07, 6.45) is 3.61. The van der Waals surface area contributed by atoms with E-state index in [2.05, 4.69) is 10.3 Å². The third kappa shape index (κ3) is 3.03. The van der Waals surface area contributed by atoms with Gasteiger partial charge in [0.15, 0.2) is 0 Å². The van der Waals surface area contributed by atoms with Crippen LogP contribution in [0, 0.1) is 5.82 Å². The van der Waals surface area contributed by atoms with E-state index >= 15 is 0 Å². The molecule has 2 rings (SSSR count). The normalized spacial score (nSPS) is 12.6. The first-order valence-electron chi connectivity index (χ1n) is 5.20. The van der Waals surface area contributed by atoms with Crippen molar-refractivity contribution in [3.8, 4) is 0 Å². The Kier molecular flexibility index (Phi) is 4.10. The van der Waals surface area contributed by atoms with E-state index in [1.54, 1.807) is 17.5 Å². The molecule has 0 amide bonds. The molecule has 2 aromatic rings. The number of rotatable bonds is 4. The van der Waals surface area contributed by atoms with Crippen LogP contribution in [0.15, 0.2) is 29.9 Å². The van der Waals surface area contributed by atoms with Crippen molar-refractivity contribution >= 4 is 22.9 Å². The van der Waals surface area contributed by atoms with Crippen LogP contribution in [-0.2, 0) is 6.42 Å². The van der Waals surface area contributed by atoms with E-state index in [1.165, 1.54) is 12.3 Å². The fraction of sp³-hybridized carbons (Fsp3) is 0.250. The van der Waals surface area contributed by atoms with Gasteiger partial charge in [-0.3, -0.25) is 4.98 Å². The summed E-state index contributed by atoms with van der Waals surface area (Å²) in [6, 6.07) is 3.39. The number of thiophene rings is 1. The van der Waals surface area contributed by atoms with Crippen LogP contribution in [0.3, 0.4) is 0 Å². The SMILES string of the molecule is CNC(Cc1sccc1Cl)c1cncc(F)c1. The minimum atomic E-state index is -0.319. The van der Waals surface area contributed by atoms with E-state index in [4.69, 9.17) is 11.6 Å². The van der Waals surface area contributed by atoms with Crippen LogP contribution in [0.5, 0.6) is 0 Å². The average Bonchev–Trinajstić information content (AvgIpc) is 2.71. The van der Waals surface area contributed by atoms with Gasteiger partial charge < -0.3 is 5.32 Å². The molecule has 90 valence electrons. The third-order valence-electron chi connectivity index (χ3n) is 2.56. The van der Waals surface area contributed by atoms with Crippen LogP contribution in [0.1, 0.15) is 16.5 Å². The van der Waals surface area contributed by atoms with Gasteiger partial charge in [0.2, 0.25) is 0 Å². The molecule has 2 heterocycles. The molecule has 2 aromatic heterocycles. The topological polar surface area (TPSA) is 24.9 Å².